The third kappa shape index (κ3) is 2.46. The molecule has 1 aromatic heterocycles. The van der Waals surface area contributed by atoms with Crippen molar-refractivity contribution in [2.24, 2.45) is 0 Å². The fourth-order valence-electron chi connectivity index (χ4n) is 1.10. The van der Waals surface area contributed by atoms with Crippen molar-refractivity contribution in [2.45, 2.75) is 19.8 Å². The van der Waals surface area contributed by atoms with E-state index in [-0.39, 0.29) is 0 Å². The molecular formula is C9H13BNO3. The van der Waals surface area contributed by atoms with Crippen LogP contribution in [0, 0.1) is 0 Å². The molecule has 0 aliphatic rings. The van der Waals surface area contributed by atoms with Gasteiger partial charge in [0.25, 0.3) is 0 Å². The van der Waals surface area contributed by atoms with E-state index in [0.717, 1.165) is 5.69 Å². The minimum atomic E-state index is 0.341. The molecule has 1 N–H and O–H groups in total. The Morgan fingerprint density at radius 2 is 2.14 bits per heavy atom. The van der Waals surface area contributed by atoms with Gasteiger partial charge in [-0.3, -0.25) is 5.26 Å². The Morgan fingerprint density at radius 1 is 1.43 bits per heavy atom. The van der Waals surface area contributed by atoms with Crippen molar-refractivity contribution in [2.75, 3.05) is 7.11 Å². The Kier molecular flexibility index (Phi) is 3.91. The predicted octanol–water partition coefficient (Wildman–Crippen LogP) is 0.948. The normalized spacial score (nSPS) is 10.4. The molecule has 5 heteroatoms. The van der Waals surface area contributed by atoms with Crippen LogP contribution in [0.2, 0.25) is 0 Å². The molecule has 0 aliphatic carbocycles. The van der Waals surface area contributed by atoms with Gasteiger partial charge in [-0.1, -0.05) is 19.9 Å². The number of hydrogen-bond acceptors (Lipinski definition) is 4. The highest BCUT2D eigenvalue weighted by atomic mass is 17.1. The third-order valence-electron chi connectivity index (χ3n) is 1.88. The molecule has 14 heavy (non-hydrogen) atoms. The zero-order valence-electron chi connectivity index (χ0n) is 8.52. The van der Waals surface area contributed by atoms with Crippen LogP contribution in [0.25, 0.3) is 0 Å². The number of nitrogens with zero attached hydrogens (tertiary/aromatic N) is 1. The van der Waals surface area contributed by atoms with Crippen LogP contribution in [0.5, 0.6) is 5.88 Å². The Labute approximate surface area is 84.1 Å². The zero-order chi connectivity index (χ0) is 10.6. The second kappa shape index (κ2) is 4.98. The van der Waals surface area contributed by atoms with Crippen LogP contribution >= 0.6 is 0 Å². The molecule has 1 heterocycles. The van der Waals surface area contributed by atoms with Crippen LogP contribution in [0.3, 0.4) is 0 Å². The van der Waals surface area contributed by atoms with Gasteiger partial charge in [0.15, 0.2) is 0 Å². The van der Waals surface area contributed by atoms with Crippen molar-refractivity contribution < 1.29 is 14.8 Å². The second-order valence-corrected chi connectivity index (χ2v) is 3.21. The summed E-state index contributed by atoms with van der Waals surface area (Å²) in [5.74, 6) is 0.790. The van der Waals surface area contributed by atoms with Crippen LogP contribution in [0.4, 0.5) is 0 Å². The molecule has 0 bridgehead atoms. The van der Waals surface area contributed by atoms with E-state index in [4.69, 9.17) is 9.99 Å². The van der Waals surface area contributed by atoms with Crippen LogP contribution in [-0.2, 0) is 4.81 Å². The van der Waals surface area contributed by atoms with Gasteiger partial charge in [0.05, 0.1) is 7.11 Å². The Morgan fingerprint density at radius 3 is 2.64 bits per heavy atom. The molecule has 0 spiro atoms. The summed E-state index contributed by atoms with van der Waals surface area (Å²) >= 11 is 0. The monoisotopic (exact) mass is 194 g/mol. The maximum absolute atomic E-state index is 8.28. The number of rotatable bonds is 4. The SMILES string of the molecule is COc1nc(C(C)C)ccc1[B]OO. The lowest BCUT2D eigenvalue weighted by Crippen LogP contribution is -2.20. The van der Waals surface area contributed by atoms with Crippen LogP contribution in [0.1, 0.15) is 25.5 Å². The number of ether oxygens (including phenoxy) is 1. The number of aromatic nitrogens is 1. The van der Waals surface area contributed by atoms with Crippen molar-refractivity contribution >= 4 is 12.9 Å². The summed E-state index contributed by atoms with van der Waals surface area (Å²) in [5.41, 5.74) is 1.55. The first-order valence-corrected chi connectivity index (χ1v) is 4.37. The van der Waals surface area contributed by atoms with Crippen molar-refractivity contribution in [1.29, 1.82) is 0 Å². The second-order valence-electron chi connectivity index (χ2n) is 3.21. The van der Waals surface area contributed by atoms with Gasteiger partial charge >= 0.3 is 7.48 Å². The molecule has 0 aliphatic heterocycles. The van der Waals surface area contributed by atoms with Crippen LogP contribution in [-0.4, -0.2) is 24.8 Å². The third-order valence-corrected chi connectivity index (χ3v) is 1.88. The van der Waals surface area contributed by atoms with Crippen LogP contribution < -0.4 is 10.2 Å². The van der Waals surface area contributed by atoms with Gasteiger partial charge in [-0.05, 0) is 12.0 Å². The van der Waals surface area contributed by atoms with Crippen LogP contribution in [0.15, 0.2) is 12.1 Å². The minimum absolute atomic E-state index is 0.341. The lowest BCUT2D eigenvalue weighted by Gasteiger charge is -2.09. The zero-order valence-corrected chi connectivity index (χ0v) is 8.52. The van der Waals surface area contributed by atoms with Gasteiger partial charge < -0.3 is 9.54 Å². The summed E-state index contributed by atoms with van der Waals surface area (Å²) in [4.78, 5) is 8.19. The molecule has 1 aromatic rings. The number of hydrogen-bond donors (Lipinski definition) is 1. The summed E-state index contributed by atoms with van der Waals surface area (Å²) in [7, 11) is 2.71. The fraction of sp³-hybridized carbons (Fsp3) is 0.444. The van der Waals surface area contributed by atoms with Gasteiger partial charge in [-0.25, -0.2) is 4.98 Å². The van der Waals surface area contributed by atoms with E-state index in [1.54, 1.807) is 6.07 Å². The lowest BCUT2D eigenvalue weighted by molar-refractivity contribution is -0.135. The Hall–Kier alpha value is -1.07. The summed E-state index contributed by atoms with van der Waals surface area (Å²) in [6.07, 6.45) is 0. The van der Waals surface area contributed by atoms with Gasteiger partial charge in [0.1, 0.15) is 0 Å². The average Bonchev–Trinajstić information content (AvgIpc) is 2.18. The van der Waals surface area contributed by atoms with Crippen molar-refractivity contribution in [3.63, 3.8) is 0 Å². The minimum Gasteiger partial charge on any atom is -0.481 e. The highest BCUT2D eigenvalue weighted by Crippen LogP contribution is 2.13. The first-order valence-electron chi connectivity index (χ1n) is 4.37. The van der Waals surface area contributed by atoms with E-state index < -0.39 is 0 Å². The Bertz CT molecular complexity index is 304. The number of methoxy groups -OCH3 is 1. The maximum atomic E-state index is 8.28. The standard InChI is InChI=1S/C9H13BNO3/c1-6(2)8-5-4-7(10-14-12)9(11-8)13-3/h4-6,12H,1-3H3. The van der Waals surface area contributed by atoms with E-state index in [1.807, 2.05) is 19.9 Å². The fourth-order valence-corrected chi connectivity index (χ4v) is 1.10. The predicted molar refractivity (Wildman–Crippen MR) is 54.0 cm³/mol. The molecular weight excluding hydrogens is 181 g/mol. The lowest BCUT2D eigenvalue weighted by atomic mass is 9.89. The van der Waals surface area contributed by atoms with E-state index in [0.29, 0.717) is 17.3 Å². The van der Waals surface area contributed by atoms with Crippen molar-refractivity contribution in [3.05, 3.63) is 17.8 Å². The quantitative estimate of drug-likeness (QED) is 0.440. The van der Waals surface area contributed by atoms with E-state index in [1.165, 1.54) is 14.6 Å². The molecule has 1 rings (SSSR count). The molecule has 0 saturated heterocycles. The molecule has 1 radical (unpaired) electrons. The smallest absolute Gasteiger partial charge is 0.386 e. The number of pyridine rings is 1. The summed E-state index contributed by atoms with van der Waals surface area (Å²) in [5, 5.41) is 8.28. The maximum Gasteiger partial charge on any atom is 0.386 e. The molecule has 0 atom stereocenters. The first kappa shape index (κ1) is 11.0. The van der Waals surface area contributed by atoms with Gasteiger partial charge in [0.2, 0.25) is 5.88 Å². The van der Waals surface area contributed by atoms with Gasteiger partial charge in [-0.15, -0.1) is 0 Å². The average molecular weight is 194 g/mol. The van der Waals surface area contributed by atoms with E-state index in [2.05, 4.69) is 9.79 Å². The van der Waals surface area contributed by atoms with E-state index in [9.17, 15) is 0 Å². The largest absolute Gasteiger partial charge is 0.481 e. The first-order chi connectivity index (χ1) is 6.69. The molecule has 0 fully saturated rings. The molecule has 4 nitrogen and oxygen atoms in total. The topological polar surface area (TPSA) is 51.6 Å². The molecule has 0 amide bonds. The molecule has 75 valence electrons. The molecule has 0 unspecified atom stereocenters. The summed E-state index contributed by atoms with van der Waals surface area (Å²) in [6, 6.07) is 3.66. The summed E-state index contributed by atoms with van der Waals surface area (Å²) in [6.45, 7) is 4.10. The molecule has 0 saturated carbocycles. The Balaban J connectivity index is 2.98. The highest BCUT2D eigenvalue weighted by Gasteiger charge is 2.10. The highest BCUT2D eigenvalue weighted by molar-refractivity contribution is 6.47. The van der Waals surface area contributed by atoms with Crippen molar-refractivity contribution in [1.82, 2.24) is 4.98 Å². The molecule has 0 aromatic carbocycles. The van der Waals surface area contributed by atoms with Gasteiger partial charge in [0, 0.05) is 11.2 Å². The van der Waals surface area contributed by atoms with Gasteiger partial charge in [-0.2, -0.15) is 0 Å². The van der Waals surface area contributed by atoms with Crippen molar-refractivity contribution in [3.8, 4) is 5.88 Å². The van der Waals surface area contributed by atoms with E-state index >= 15 is 0 Å². The summed E-state index contributed by atoms with van der Waals surface area (Å²) < 4.78 is 5.06.